The van der Waals surface area contributed by atoms with Gasteiger partial charge < -0.3 is 19.8 Å². The number of furan rings is 1. The average molecular weight is 439 g/mol. The standard InChI is InChI=1S/C24H26N2O4S/c1-14-7-8-19-18(10-14)15(13-30-19)11-21(27)26-24-22(17-5-2-6-20(17)31-24)23(28)25-12-16-4-3-9-29-16/h7-8,10,13,16H,2-6,9,11-12H2,1H3,(H,25,28)(H,26,27)/t16-/m1/s1. The number of anilines is 1. The molecule has 3 aromatic rings. The first-order valence-electron chi connectivity index (χ1n) is 10.9. The molecule has 1 aliphatic heterocycles. The third-order valence-electron chi connectivity index (χ3n) is 6.08. The molecule has 0 spiro atoms. The van der Waals surface area contributed by atoms with Crippen LogP contribution in [0.5, 0.6) is 0 Å². The molecule has 0 bridgehead atoms. The highest BCUT2D eigenvalue weighted by Crippen LogP contribution is 2.39. The van der Waals surface area contributed by atoms with Crippen molar-refractivity contribution in [1.82, 2.24) is 5.32 Å². The molecule has 1 aliphatic carbocycles. The molecule has 2 N–H and O–H groups in total. The van der Waals surface area contributed by atoms with Crippen LogP contribution in [0.2, 0.25) is 0 Å². The van der Waals surface area contributed by atoms with Crippen molar-refractivity contribution in [2.24, 2.45) is 0 Å². The topological polar surface area (TPSA) is 80.6 Å². The van der Waals surface area contributed by atoms with Gasteiger partial charge in [-0.1, -0.05) is 11.6 Å². The van der Waals surface area contributed by atoms with E-state index in [4.69, 9.17) is 9.15 Å². The van der Waals surface area contributed by atoms with Gasteiger partial charge in [0, 0.05) is 29.0 Å². The maximum Gasteiger partial charge on any atom is 0.254 e. The Morgan fingerprint density at radius 2 is 2.13 bits per heavy atom. The zero-order valence-corrected chi connectivity index (χ0v) is 18.4. The number of hydrogen-bond acceptors (Lipinski definition) is 5. The monoisotopic (exact) mass is 438 g/mol. The maximum atomic E-state index is 13.0. The van der Waals surface area contributed by atoms with Crippen LogP contribution >= 0.6 is 11.3 Å². The molecule has 7 heteroatoms. The van der Waals surface area contributed by atoms with Crippen molar-refractivity contribution in [2.45, 2.75) is 51.6 Å². The Hall–Kier alpha value is -2.64. The number of fused-ring (bicyclic) bond motifs is 2. The van der Waals surface area contributed by atoms with E-state index in [1.165, 1.54) is 16.2 Å². The van der Waals surface area contributed by atoms with E-state index in [-0.39, 0.29) is 24.3 Å². The van der Waals surface area contributed by atoms with Gasteiger partial charge in [0.15, 0.2) is 0 Å². The predicted octanol–water partition coefficient (Wildman–Crippen LogP) is 4.38. The molecule has 1 fully saturated rings. The number of aryl methyl sites for hydroxylation is 2. The van der Waals surface area contributed by atoms with Crippen molar-refractivity contribution < 1.29 is 18.7 Å². The van der Waals surface area contributed by atoms with E-state index in [1.54, 1.807) is 6.26 Å². The van der Waals surface area contributed by atoms with Gasteiger partial charge >= 0.3 is 0 Å². The number of carbonyl (C=O) groups is 2. The molecule has 2 amide bonds. The minimum Gasteiger partial charge on any atom is -0.464 e. The first-order valence-corrected chi connectivity index (χ1v) is 11.7. The first-order chi connectivity index (χ1) is 15.1. The lowest BCUT2D eigenvalue weighted by Gasteiger charge is -2.12. The number of benzene rings is 1. The molecule has 2 aliphatic rings. The highest BCUT2D eigenvalue weighted by Gasteiger charge is 2.28. The molecule has 0 saturated carbocycles. The lowest BCUT2D eigenvalue weighted by Crippen LogP contribution is -2.32. The van der Waals surface area contributed by atoms with Crippen LogP contribution in [0, 0.1) is 6.92 Å². The van der Waals surface area contributed by atoms with E-state index in [0.29, 0.717) is 17.1 Å². The van der Waals surface area contributed by atoms with Crippen LogP contribution < -0.4 is 10.6 Å². The number of ether oxygens (including phenoxy) is 1. The fraction of sp³-hybridized carbons (Fsp3) is 0.417. The first kappa shape index (κ1) is 20.3. The summed E-state index contributed by atoms with van der Waals surface area (Å²) in [7, 11) is 0. The van der Waals surface area contributed by atoms with Crippen molar-refractivity contribution in [1.29, 1.82) is 0 Å². The Morgan fingerprint density at radius 1 is 1.23 bits per heavy atom. The molecule has 0 radical (unpaired) electrons. The zero-order valence-electron chi connectivity index (χ0n) is 17.6. The number of hydrogen-bond donors (Lipinski definition) is 2. The molecule has 0 unspecified atom stereocenters. The molecule has 1 saturated heterocycles. The summed E-state index contributed by atoms with van der Waals surface area (Å²) >= 11 is 1.53. The normalized spacial score (nSPS) is 17.8. The molecular formula is C24H26N2O4S. The van der Waals surface area contributed by atoms with Gasteiger partial charge in [-0.3, -0.25) is 9.59 Å². The molecule has 162 valence electrons. The quantitative estimate of drug-likeness (QED) is 0.598. The van der Waals surface area contributed by atoms with Crippen LogP contribution in [0.3, 0.4) is 0 Å². The lowest BCUT2D eigenvalue weighted by molar-refractivity contribution is -0.115. The molecule has 2 aromatic heterocycles. The fourth-order valence-corrected chi connectivity index (χ4v) is 5.81. The minimum atomic E-state index is -0.141. The zero-order chi connectivity index (χ0) is 21.4. The number of nitrogens with one attached hydrogen (secondary N) is 2. The summed E-state index contributed by atoms with van der Waals surface area (Å²) in [5.41, 5.74) is 4.48. The Labute approximate surface area is 185 Å². The van der Waals surface area contributed by atoms with Crippen LogP contribution in [-0.2, 0) is 28.8 Å². The highest BCUT2D eigenvalue weighted by atomic mass is 32.1. The molecule has 5 rings (SSSR count). The molecule has 1 aromatic carbocycles. The summed E-state index contributed by atoms with van der Waals surface area (Å²) in [5.74, 6) is -0.258. The van der Waals surface area contributed by atoms with E-state index in [0.717, 1.165) is 66.4 Å². The maximum absolute atomic E-state index is 13.0. The van der Waals surface area contributed by atoms with Gasteiger partial charge in [-0.25, -0.2) is 0 Å². The Balaban J connectivity index is 1.33. The van der Waals surface area contributed by atoms with Gasteiger partial charge in [0.25, 0.3) is 5.91 Å². The van der Waals surface area contributed by atoms with E-state index in [9.17, 15) is 9.59 Å². The molecular weight excluding hydrogens is 412 g/mol. The molecule has 1 atom stereocenters. The number of thiophene rings is 1. The van der Waals surface area contributed by atoms with Crippen LogP contribution in [-0.4, -0.2) is 31.1 Å². The summed E-state index contributed by atoms with van der Waals surface area (Å²) < 4.78 is 11.2. The van der Waals surface area contributed by atoms with Crippen molar-refractivity contribution in [2.75, 3.05) is 18.5 Å². The van der Waals surface area contributed by atoms with Crippen LogP contribution in [0.25, 0.3) is 11.0 Å². The van der Waals surface area contributed by atoms with E-state index in [1.807, 2.05) is 25.1 Å². The summed E-state index contributed by atoms with van der Waals surface area (Å²) in [5, 5.41) is 7.65. The van der Waals surface area contributed by atoms with Crippen LogP contribution in [0.15, 0.2) is 28.9 Å². The summed E-state index contributed by atoms with van der Waals surface area (Å²) in [4.78, 5) is 27.1. The van der Waals surface area contributed by atoms with Crippen molar-refractivity contribution in [3.05, 3.63) is 51.6 Å². The SMILES string of the molecule is Cc1ccc2occ(CC(=O)Nc3sc4c(c3C(=O)NC[C@H]3CCCO3)CCC4)c2c1. The largest absolute Gasteiger partial charge is 0.464 e. The van der Waals surface area contributed by atoms with Crippen molar-refractivity contribution in [3.63, 3.8) is 0 Å². The van der Waals surface area contributed by atoms with Crippen LogP contribution in [0.4, 0.5) is 5.00 Å². The van der Waals surface area contributed by atoms with Gasteiger partial charge in [-0.05, 0) is 56.7 Å². The number of rotatable bonds is 6. The molecule has 31 heavy (non-hydrogen) atoms. The minimum absolute atomic E-state index is 0.0894. The second kappa shape index (κ2) is 8.48. The molecule has 3 heterocycles. The second-order valence-corrected chi connectivity index (χ2v) is 9.50. The summed E-state index contributed by atoms with van der Waals surface area (Å²) in [6, 6.07) is 5.95. The Kier molecular flexibility index (Phi) is 5.54. The second-order valence-electron chi connectivity index (χ2n) is 8.39. The van der Waals surface area contributed by atoms with Crippen LogP contribution in [0.1, 0.15) is 51.2 Å². The summed E-state index contributed by atoms with van der Waals surface area (Å²) in [6.07, 6.45) is 6.86. The third-order valence-corrected chi connectivity index (χ3v) is 7.28. The predicted molar refractivity (Wildman–Crippen MR) is 121 cm³/mol. The third kappa shape index (κ3) is 4.12. The average Bonchev–Trinajstić information content (AvgIpc) is 3.51. The smallest absolute Gasteiger partial charge is 0.254 e. The number of amides is 2. The fourth-order valence-electron chi connectivity index (χ4n) is 4.51. The lowest BCUT2D eigenvalue weighted by atomic mass is 10.1. The van der Waals surface area contributed by atoms with Gasteiger partial charge in [0.1, 0.15) is 10.6 Å². The Bertz CT molecular complexity index is 1140. The van der Waals surface area contributed by atoms with Gasteiger partial charge in [-0.2, -0.15) is 0 Å². The van der Waals surface area contributed by atoms with Gasteiger partial charge in [0.2, 0.25) is 5.91 Å². The van der Waals surface area contributed by atoms with E-state index < -0.39 is 0 Å². The van der Waals surface area contributed by atoms with Gasteiger partial charge in [-0.15, -0.1) is 11.3 Å². The molecule has 6 nitrogen and oxygen atoms in total. The van der Waals surface area contributed by atoms with E-state index in [2.05, 4.69) is 10.6 Å². The summed E-state index contributed by atoms with van der Waals surface area (Å²) in [6.45, 7) is 3.29. The Morgan fingerprint density at radius 3 is 2.97 bits per heavy atom. The number of carbonyl (C=O) groups excluding carboxylic acids is 2. The van der Waals surface area contributed by atoms with E-state index >= 15 is 0 Å². The van der Waals surface area contributed by atoms with Gasteiger partial charge in [0.05, 0.1) is 24.4 Å². The highest BCUT2D eigenvalue weighted by molar-refractivity contribution is 7.17. The van der Waals surface area contributed by atoms with Crippen molar-refractivity contribution >= 4 is 39.1 Å². The van der Waals surface area contributed by atoms with Crippen molar-refractivity contribution in [3.8, 4) is 0 Å².